The Hall–Kier alpha value is -2.08. The van der Waals surface area contributed by atoms with Crippen molar-refractivity contribution < 1.29 is 18.7 Å². The molecule has 0 aromatic heterocycles. The van der Waals surface area contributed by atoms with Crippen molar-refractivity contribution in [2.45, 2.75) is 13.5 Å². The van der Waals surface area contributed by atoms with Crippen molar-refractivity contribution in [1.29, 1.82) is 0 Å². The van der Waals surface area contributed by atoms with E-state index in [2.05, 4.69) is 15.9 Å². The van der Waals surface area contributed by atoms with Crippen LogP contribution in [0.25, 0.3) is 0 Å². The maximum Gasteiger partial charge on any atom is 0.248 e. The minimum atomic E-state index is -0.557. The number of rotatable bonds is 6. The SMILES string of the molecule is CCOc1cc(C(N)=O)cc(Br)c1OCc1cccc(F)c1. The van der Waals surface area contributed by atoms with Crippen LogP contribution in [-0.4, -0.2) is 12.5 Å². The summed E-state index contributed by atoms with van der Waals surface area (Å²) in [6, 6.07) is 9.22. The molecule has 0 bridgehead atoms. The molecule has 0 aliphatic heterocycles. The molecule has 0 radical (unpaired) electrons. The van der Waals surface area contributed by atoms with Crippen LogP contribution in [0.1, 0.15) is 22.8 Å². The molecule has 0 unspecified atom stereocenters. The second-order valence-corrected chi connectivity index (χ2v) is 5.36. The molecular formula is C16H15BrFNO3. The number of carbonyl (C=O) groups is 1. The third-order valence-corrected chi connectivity index (χ3v) is 3.46. The highest BCUT2D eigenvalue weighted by Crippen LogP contribution is 2.37. The zero-order chi connectivity index (χ0) is 16.1. The molecule has 4 nitrogen and oxygen atoms in total. The number of ether oxygens (including phenoxy) is 2. The van der Waals surface area contributed by atoms with Crippen LogP contribution in [0.4, 0.5) is 4.39 Å². The number of hydrogen-bond acceptors (Lipinski definition) is 3. The largest absolute Gasteiger partial charge is 0.490 e. The fourth-order valence-electron chi connectivity index (χ4n) is 1.90. The summed E-state index contributed by atoms with van der Waals surface area (Å²) in [5.41, 5.74) is 6.28. The van der Waals surface area contributed by atoms with Crippen molar-refractivity contribution in [3.8, 4) is 11.5 Å². The third kappa shape index (κ3) is 3.98. The number of nitrogens with two attached hydrogens (primary N) is 1. The summed E-state index contributed by atoms with van der Waals surface area (Å²) < 4.78 is 24.9. The normalized spacial score (nSPS) is 10.3. The number of primary amides is 1. The third-order valence-electron chi connectivity index (χ3n) is 2.87. The van der Waals surface area contributed by atoms with Gasteiger partial charge in [0.25, 0.3) is 0 Å². The molecule has 0 fully saturated rings. The number of amides is 1. The molecule has 2 N–H and O–H groups in total. The molecule has 0 atom stereocenters. The summed E-state index contributed by atoms with van der Waals surface area (Å²) in [5, 5.41) is 0. The van der Waals surface area contributed by atoms with Gasteiger partial charge in [0.05, 0.1) is 11.1 Å². The van der Waals surface area contributed by atoms with Gasteiger partial charge < -0.3 is 15.2 Å². The van der Waals surface area contributed by atoms with Crippen molar-refractivity contribution in [2.24, 2.45) is 5.73 Å². The zero-order valence-electron chi connectivity index (χ0n) is 11.9. The standard InChI is InChI=1S/C16H15BrFNO3/c1-2-21-14-8-11(16(19)20)7-13(17)15(14)22-9-10-4-3-5-12(18)6-10/h3-8H,2,9H2,1H3,(H2,19,20). The summed E-state index contributed by atoms with van der Waals surface area (Å²) in [6.45, 7) is 2.40. The minimum absolute atomic E-state index is 0.173. The van der Waals surface area contributed by atoms with E-state index < -0.39 is 5.91 Å². The van der Waals surface area contributed by atoms with Gasteiger partial charge in [0.1, 0.15) is 12.4 Å². The van der Waals surface area contributed by atoms with Gasteiger partial charge in [0.2, 0.25) is 5.91 Å². The lowest BCUT2D eigenvalue weighted by molar-refractivity contribution is 0.0999. The first-order valence-corrected chi connectivity index (χ1v) is 7.44. The molecule has 0 saturated carbocycles. The van der Waals surface area contributed by atoms with E-state index in [4.69, 9.17) is 15.2 Å². The van der Waals surface area contributed by atoms with E-state index in [1.54, 1.807) is 18.2 Å². The lowest BCUT2D eigenvalue weighted by Crippen LogP contribution is -2.12. The maximum atomic E-state index is 13.2. The van der Waals surface area contributed by atoms with Crippen molar-refractivity contribution in [3.63, 3.8) is 0 Å². The van der Waals surface area contributed by atoms with Crippen molar-refractivity contribution in [3.05, 3.63) is 57.8 Å². The minimum Gasteiger partial charge on any atom is -0.490 e. The summed E-state index contributed by atoms with van der Waals surface area (Å²) in [5.74, 6) is -0.0363. The molecule has 22 heavy (non-hydrogen) atoms. The zero-order valence-corrected chi connectivity index (χ0v) is 13.5. The molecule has 2 aromatic carbocycles. The molecule has 0 saturated heterocycles. The van der Waals surface area contributed by atoms with Crippen LogP contribution in [0.15, 0.2) is 40.9 Å². The highest BCUT2D eigenvalue weighted by atomic mass is 79.9. The monoisotopic (exact) mass is 367 g/mol. The molecule has 2 aromatic rings. The quantitative estimate of drug-likeness (QED) is 0.847. The van der Waals surface area contributed by atoms with Crippen LogP contribution in [0.3, 0.4) is 0 Å². The summed E-state index contributed by atoms with van der Waals surface area (Å²) in [4.78, 5) is 11.3. The van der Waals surface area contributed by atoms with Crippen molar-refractivity contribution in [2.75, 3.05) is 6.61 Å². The first kappa shape index (κ1) is 16.3. The Labute approximate surface area is 136 Å². The van der Waals surface area contributed by atoms with Gasteiger partial charge in [-0.3, -0.25) is 4.79 Å². The van der Waals surface area contributed by atoms with Gasteiger partial charge in [-0.05, 0) is 52.7 Å². The molecule has 0 spiro atoms. The highest BCUT2D eigenvalue weighted by Gasteiger charge is 2.15. The number of carbonyl (C=O) groups excluding carboxylic acids is 1. The Morgan fingerprint density at radius 3 is 2.68 bits per heavy atom. The van der Waals surface area contributed by atoms with E-state index in [0.717, 1.165) is 0 Å². The lowest BCUT2D eigenvalue weighted by Gasteiger charge is -2.15. The van der Waals surface area contributed by atoms with Gasteiger partial charge >= 0.3 is 0 Å². The molecule has 2 rings (SSSR count). The molecule has 0 heterocycles. The van der Waals surface area contributed by atoms with Gasteiger partial charge in [-0.1, -0.05) is 12.1 Å². The van der Waals surface area contributed by atoms with E-state index in [1.165, 1.54) is 18.2 Å². The Morgan fingerprint density at radius 2 is 2.05 bits per heavy atom. The van der Waals surface area contributed by atoms with E-state index >= 15 is 0 Å². The van der Waals surface area contributed by atoms with Crippen LogP contribution in [0, 0.1) is 5.82 Å². The summed E-state index contributed by atoms with van der Waals surface area (Å²) in [6.07, 6.45) is 0. The fraction of sp³-hybridized carbons (Fsp3) is 0.188. The molecule has 6 heteroatoms. The van der Waals surface area contributed by atoms with E-state index in [-0.39, 0.29) is 12.4 Å². The average Bonchev–Trinajstić information content (AvgIpc) is 2.46. The summed E-state index contributed by atoms with van der Waals surface area (Å²) >= 11 is 3.34. The number of hydrogen-bond donors (Lipinski definition) is 1. The van der Waals surface area contributed by atoms with Crippen LogP contribution < -0.4 is 15.2 Å². The maximum absolute atomic E-state index is 13.2. The second-order valence-electron chi connectivity index (χ2n) is 4.50. The van der Waals surface area contributed by atoms with Crippen molar-refractivity contribution >= 4 is 21.8 Å². The molecule has 116 valence electrons. The van der Waals surface area contributed by atoms with Crippen molar-refractivity contribution in [1.82, 2.24) is 0 Å². The van der Waals surface area contributed by atoms with E-state index in [9.17, 15) is 9.18 Å². The predicted molar refractivity (Wildman–Crippen MR) is 84.6 cm³/mol. The van der Waals surface area contributed by atoms with Crippen LogP contribution in [0.2, 0.25) is 0 Å². The van der Waals surface area contributed by atoms with Gasteiger partial charge in [-0.25, -0.2) is 4.39 Å². The predicted octanol–water partition coefficient (Wildman–Crippen LogP) is 3.66. The van der Waals surface area contributed by atoms with Crippen LogP contribution in [0.5, 0.6) is 11.5 Å². The smallest absolute Gasteiger partial charge is 0.248 e. The Morgan fingerprint density at radius 1 is 1.27 bits per heavy atom. The van der Waals surface area contributed by atoms with Gasteiger partial charge in [0.15, 0.2) is 11.5 Å². The molecule has 0 aliphatic carbocycles. The van der Waals surface area contributed by atoms with E-state index in [0.29, 0.717) is 33.7 Å². The Bertz CT molecular complexity index is 691. The molecular weight excluding hydrogens is 353 g/mol. The van der Waals surface area contributed by atoms with E-state index in [1.807, 2.05) is 6.92 Å². The average molecular weight is 368 g/mol. The van der Waals surface area contributed by atoms with Crippen LogP contribution in [-0.2, 0) is 6.61 Å². The van der Waals surface area contributed by atoms with Gasteiger partial charge in [-0.15, -0.1) is 0 Å². The number of halogens is 2. The Balaban J connectivity index is 2.27. The number of benzene rings is 2. The lowest BCUT2D eigenvalue weighted by atomic mass is 10.2. The molecule has 0 aliphatic rings. The van der Waals surface area contributed by atoms with Gasteiger partial charge in [-0.2, -0.15) is 0 Å². The second kappa shape index (κ2) is 7.26. The topological polar surface area (TPSA) is 61.5 Å². The highest BCUT2D eigenvalue weighted by molar-refractivity contribution is 9.10. The first-order valence-electron chi connectivity index (χ1n) is 6.64. The van der Waals surface area contributed by atoms with Crippen LogP contribution >= 0.6 is 15.9 Å². The summed E-state index contributed by atoms with van der Waals surface area (Å²) in [7, 11) is 0. The van der Waals surface area contributed by atoms with Gasteiger partial charge in [0, 0.05) is 5.56 Å². The first-order chi connectivity index (χ1) is 10.5. The Kier molecular flexibility index (Phi) is 5.38. The fourth-order valence-corrected chi connectivity index (χ4v) is 2.45. The molecule has 1 amide bonds.